The Kier molecular flexibility index (Phi) is 5.30. The molecule has 1 aliphatic rings. The molecule has 1 aliphatic heterocycles. The van der Waals surface area contributed by atoms with E-state index in [4.69, 9.17) is 9.72 Å². The van der Waals surface area contributed by atoms with E-state index in [9.17, 15) is 4.79 Å². The molecule has 4 nitrogen and oxygen atoms in total. The summed E-state index contributed by atoms with van der Waals surface area (Å²) in [7, 11) is 0. The SMILES string of the molecule is Cc1cc2nc(N(CC3CCCO3)C(=O)c3ccccc3Br)sc2cc1C. The summed E-state index contributed by atoms with van der Waals surface area (Å²) in [4.78, 5) is 19.9. The third-order valence-corrected chi connectivity index (χ3v) is 6.72. The standard InChI is InChI=1S/C21H21BrN2O2S/c1-13-10-18-19(11-14(13)2)27-21(23-18)24(12-15-6-5-9-26-15)20(25)16-7-3-4-8-17(16)22/h3-4,7-8,10-11,15H,5-6,9,12H2,1-2H3. The van der Waals surface area contributed by atoms with Crippen molar-refractivity contribution in [3.8, 4) is 0 Å². The van der Waals surface area contributed by atoms with Gasteiger partial charge in [0, 0.05) is 11.1 Å². The first-order valence-corrected chi connectivity index (χ1v) is 10.7. The van der Waals surface area contributed by atoms with E-state index in [0.717, 1.165) is 39.3 Å². The van der Waals surface area contributed by atoms with Crippen molar-refractivity contribution >= 4 is 48.5 Å². The van der Waals surface area contributed by atoms with E-state index in [0.29, 0.717) is 12.1 Å². The number of thiazole rings is 1. The zero-order valence-electron chi connectivity index (χ0n) is 15.4. The van der Waals surface area contributed by atoms with E-state index in [2.05, 4.69) is 41.9 Å². The van der Waals surface area contributed by atoms with Crippen molar-refractivity contribution in [2.45, 2.75) is 32.8 Å². The van der Waals surface area contributed by atoms with Crippen LogP contribution in [0.3, 0.4) is 0 Å². The molecule has 1 aromatic heterocycles. The maximum absolute atomic E-state index is 13.4. The van der Waals surface area contributed by atoms with Crippen LogP contribution in [0.4, 0.5) is 5.13 Å². The number of carbonyl (C=O) groups excluding carboxylic acids is 1. The van der Waals surface area contributed by atoms with Gasteiger partial charge >= 0.3 is 0 Å². The average molecular weight is 445 g/mol. The van der Waals surface area contributed by atoms with Gasteiger partial charge in [-0.25, -0.2) is 4.98 Å². The Labute approximate surface area is 171 Å². The highest BCUT2D eigenvalue weighted by molar-refractivity contribution is 9.10. The molecule has 0 bridgehead atoms. The molecule has 1 unspecified atom stereocenters. The Morgan fingerprint density at radius 1 is 1.30 bits per heavy atom. The second-order valence-corrected chi connectivity index (χ2v) is 8.79. The van der Waals surface area contributed by atoms with Gasteiger partial charge in [-0.15, -0.1) is 0 Å². The predicted molar refractivity (Wildman–Crippen MR) is 114 cm³/mol. The molecule has 27 heavy (non-hydrogen) atoms. The Hall–Kier alpha value is -1.76. The van der Waals surface area contributed by atoms with Crippen LogP contribution in [0.1, 0.15) is 34.3 Å². The van der Waals surface area contributed by atoms with Gasteiger partial charge in [0.25, 0.3) is 5.91 Å². The number of hydrogen-bond acceptors (Lipinski definition) is 4. The van der Waals surface area contributed by atoms with E-state index >= 15 is 0 Å². The minimum atomic E-state index is -0.0505. The van der Waals surface area contributed by atoms with Crippen LogP contribution in [0.25, 0.3) is 10.2 Å². The Morgan fingerprint density at radius 2 is 2.07 bits per heavy atom. The summed E-state index contributed by atoms with van der Waals surface area (Å²) in [5.41, 5.74) is 4.03. The first-order chi connectivity index (χ1) is 13.0. The first-order valence-electron chi connectivity index (χ1n) is 9.08. The monoisotopic (exact) mass is 444 g/mol. The molecule has 1 amide bonds. The number of halogens is 1. The van der Waals surface area contributed by atoms with Gasteiger partial charge in [0.1, 0.15) is 0 Å². The number of carbonyl (C=O) groups is 1. The van der Waals surface area contributed by atoms with Crippen molar-refractivity contribution in [3.63, 3.8) is 0 Å². The normalized spacial score (nSPS) is 16.8. The molecule has 0 saturated carbocycles. The Morgan fingerprint density at radius 3 is 2.81 bits per heavy atom. The number of aromatic nitrogens is 1. The smallest absolute Gasteiger partial charge is 0.261 e. The van der Waals surface area contributed by atoms with Crippen molar-refractivity contribution in [2.24, 2.45) is 0 Å². The second-order valence-electron chi connectivity index (χ2n) is 6.93. The second kappa shape index (κ2) is 7.70. The molecule has 0 spiro atoms. The third-order valence-electron chi connectivity index (χ3n) is 4.98. The van der Waals surface area contributed by atoms with Crippen LogP contribution < -0.4 is 4.90 Å². The quantitative estimate of drug-likeness (QED) is 0.533. The summed E-state index contributed by atoms with van der Waals surface area (Å²) in [6.07, 6.45) is 2.08. The van der Waals surface area contributed by atoms with Crippen LogP contribution in [-0.2, 0) is 4.74 Å². The minimum absolute atomic E-state index is 0.0505. The number of aryl methyl sites for hydroxylation is 2. The van der Waals surface area contributed by atoms with Crippen molar-refractivity contribution in [1.82, 2.24) is 4.98 Å². The van der Waals surface area contributed by atoms with Gasteiger partial charge in [0.15, 0.2) is 5.13 Å². The zero-order chi connectivity index (χ0) is 19.0. The number of benzene rings is 2. The summed E-state index contributed by atoms with van der Waals surface area (Å²) < 4.78 is 7.70. The molecule has 2 aromatic carbocycles. The number of amides is 1. The molecule has 140 valence electrons. The lowest BCUT2D eigenvalue weighted by Crippen LogP contribution is -2.37. The zero-order valence-corrected chi connectivity index (χ0v) is 17.8. The van der Waals surface area contributed by atoms with Gasteiger partial charge < -0.3 is 4.74 Å². The van der Waals surface area contributed by atoms with E-state index in [1.165, 1.54) is 11.1 Å². The molecule has 2 heterocycles. The molecule has 1 atom stereocenters. The summed E-state index contributed by atoms with van der Waals surface area (Å²) in [6.45, 7) is 5.48. The summed E-state index contributed by atoms with van der Waals surface area (Å²) in [5, 5.41) is 0.728. The molecule has 3 aromatic rings. The molecule has 6 heteroatoms. The molecular weight excluding hydrogens is 424 g/mol. The van der Waals surface area contributed by atoms with Gasteiger partial charge in [-0.2, -0.15) is 0 Å². The highest BCUT2D eigenvalue weighted by Crippen LogP contribution is 2.33. The maximum Gasteiger partial charge on any atom is 0.261 e. The predicted octanol–water partition coefficient (Wildman–Crippen LogP) is 5.50. The molecule has 0 aliphatic carbocycles. The Balaban J connectivity index is 1.75. The lowest BCUT2D eigenvalue weighted by Gasteiger charge is -2.23. The van der Waals surface area contributed by atoms with E-state index in [1.807, 2.05) is 24.3 Å². The summed E-state index contributed by atoms with van der Waals surface area (Å²) in [5.74, 6) is -0.0505. The Bertz CT molecular complexity index is 956. The topological polar surface area (TPSA) is 42.4 Å². The maximum atomic E-state index is 13.4. The van der Waals surface area contributed by atoms with Crippen LogP contribution >= 0.6 is 27.3 Å². The molecule has 1 fully saturated rings. The van der Waals surface area contributed by atoms with Gasteiger partial charge in [-0.05, 0) is 78.0 Å². The highest BCUT2D eigenvalue weighted by atomic mass is 79.9. The fourth-order valence-corrected chi connectivity index (χ4v) is 4.81. The molecule has 4 rings (SSSR count). The molecular formula is C21H21BrN2O2S. The summed E-state index contributed by atoms with van der Waals surface area (Å²) >= 11 is 5.07. The molecule has 0 N–H and O–H groups in total. The van der Waals surface area contributed by atoms with Crippen LogP contribution in [0.2, 0.25) is 0 Å². The van der Waals surface area contributed by atoms with Gasteiger partial charge in [0.05, 0.1) is 28.4 Å². The number of hydrogen-bond donors (Lipinski definition) is 0. The summed E-state index contributed by atoms with van der Waals surface area (Å²) in [6, 6.07) is 11.8. The number of anilines is 1. The van der Waals surface area contributed by atoms with Crippen LogP contribution in [0.15, 0.2) is 40.9 Å². The van der Waals surface area contributed by atoms with Crippen molar-refractivity contribution in [3.05, 3.63) is 57.6 Å². The van der Waals surface area contributed by atoms with Gasteiger partial charge in [0.2, 0.25) is 0 Å². The highest BCUT2D eigenvalue weighted by Gasteiger charge is 2.28. The van der Waals surface area contributed by atoms with Crippen molar-refractivity contribution < 1.29 is 9.53 Å². The fraction of sp³-hybridized carbons (Fsp3) is 0.333. The lowest BCUT2D eigenvalue weighted by molar-refractivity contribution is 0.0917. The van der Waals surface area contributed by atoms with Crippen molar-refractivity contribution in [2.75, 3.05) is 18.1 Å². The van der Waals surface area contributed by atoms with Gasteiger partial charge in [-0.1, -0.05) is 23.5 Å². The van der Waals surface area contributed by atoms with Crippen LogP contribution in [0.5, 0.6) is 0 Å². The van der Waals surface area contributed by atoms with Gasteiger partial charge in [-0.3, -0.25) is 9.69 Å². The number of nitrogens with zero attached hydrogens (tertiary/aromatic N) is 2. The fourth-order valence-electron chi connectivity index (χ4n) is 3.30. The third kappa shape index (κ3) is 3.79. The molecule has 1 saturated heterocycles. The van der Waals surface area contributed by atoms with E-state index in [-0.39, 0.29) is 12.0 Å². The number of fused-ring (bicyclic) bond motifs is 1. The largest absolute Gasteiger partial charge is 0.376 e. The lowest BCUT2D eigenvalue weighted by atomic mass is 10.1. The minimum Gasteiger partial charge on any atom is -0.376 e. The number of ether oxygens (including phenoxy) is 1. The molecule has 0 radical (unpaired) electrons. The first kappa shape index (κ1) is 18.6. The van der Waals surface area contributed by atoms with Crippen LogP contribution in [-0.4, -0.2) is 30.1 Å². The van der Waals surface area contributed by atoms with Crippen molar-refractivity contribution in [1.29, 1.82) is 0 Å². The van der Waals surface area contributed by atoms with E-state index < -0.39 is 0 Å². The number of rotatable bonds is 4. The van der Waals surface area contributed by atoms with Crippen LogP contribution in [0, 0.1) is 13.8 Å². The average Bonchev–Trinajstić information content (AvgIpc) is 3.29. The van der Waals surface area contributed by atoms with E-state index in [1.54, 1.807) is 16.2 Å².